The predicted molar refractivity (Wildman–Crippen MR) is 55.9 cm³/mol. The number of Topliss-reactive ketones (excluding diaryl/α,β-unsaturated/α-hetero) is 1. The maximum absolute atomic E-state index is 11.5. The minimum absolute atomic E-state index is 0.00188. The molecule has 0 aliphatic carbocycles. The van der Waals surface area contributed by atoms with Gasteiger partial charge in [0.1, 0.15) is 0 Å². The van der Waals surface area contributed by atoms with Gasteiger partial charge in [0.2, 0.25) is 0 Å². The summed E-state index contributed by atoms with van der Waals surface area (Å²) in [6, 6.07) is 7.59. The Bertz CT molecular complexity index is 398. The number of carbonyl (C=O) groups is 1. The van der Waals surface area contributed by atoms with Crippen molar-refractivity contribution in [2.24, 2.45) is 4.99 Å². The molecular formula is C10H9NOS. The molecule has 0 fully saturated rings. The molecule has 0 saturated heterocycles. The SMILES string of the molecule is CC1=Nc2ccccc2C(S)C1=O. The van der Waals surface area contributed by atoms with Crippen LogP contribution in [-0.4, -0.2) is 11.5 Å². The lowest BCUT2D eigenvalue weighted by molar-refractivity contribution is -0.112. The van der Waals surface area contributed by atoms with Crippen LogP contribution in [0.15, 0.2) is 29.3 Å². The fourth-order valence-corrected chi connectivity index (χ4v) is 1.80. The highest BCUT2D eigenvalue weighted by Gasteiger charge is 2.25. The summed E-state index contributed by atoms with van der Waals surface area (Å²) in [4.78, 5) is 15.7. The van der Waals surface area contributed by atoms with Gasteiger partial charge in [-0.25, -0.2) is 4.99 Å². The first-order valence-corrected chi connectivity index (χ1v) is 4.58. The number of hydrogen-bond acceptors (Lipinski definition) is 3. The van der Waals surface area contributed by atoms with Crippen molar-refractivity contribution >= 4 is 29.8 Å². The summed E-state index contributed by atoms with van der Waals surface area (Å²) in [5.74, 6) is 0.00188. The maximum Gasteiger partial charge on any atom is 0.193 e. The molecule has 0 amide bonds. The van der Waals surface area contributed by atoms with Gasteiger partial charge < -0.3 is 0 Å². The van der Waals surface area contributed by atoms with Gasteiger partial charge in [0.05, 0.1) is 16.6 Å². The van der Waals surface area contributed by atoms with Crippen molar-refractivity contribution in [3.63, 3.8) is 0 Å². The van der Waals surface area contributed by atoms with Crippen LogP contribution in [-0.2, 0) is 4.79 Å². The molecule has 66 valence electrons. The van der Waals surface area contributed by atoms with E-state index in [0.29, 0.717) is 5.71 Å². The zero-order valence-corrected chi connectivity index (χ0v) is 8.08. The first-order valence-electron chi connectivity index (χ1n) is 4.06. The number of fused-ring (bicyclic) bond motifs is 1. The zero-order chi connectivity index (χ0) is 9.42. The monoisotopic (exact) mass is 191 g/mol. The minimum Gasteiger partial charge on any atom is -0.291 e. The number of benzene rings is 1. The second-order valence-corrected chi connectivity index (χ2v) is 3.54. The lowest BCUT2D eigenvalue weighted by atomic mass is 10.0. The quantitative estimate of drug-likeness (QED) is 0.626. The van der Waals surface area contributed by atoms with Crippen molar-refractivity contribution in [3.8, 4) is 0 Å². The van der Waals surface area contributed by atoms with Gasteiger partial charge in [-0.05, 0) is 18.6 Å². The van der Waals surface area contributed by atoms with E-state index < -0.39 is 0 Å². The van der Waals surface area contributed by atoms with Gasteiger partial charge in [-0.1, -0.05) is 18.2 Å². The van der Waals surface area contributed by atoms with Crippen molar-refractivity contribution < 1.29 is 4.79 Å². The summed E-state index contributed by atoms with van der Waals surface area (Å²) < 4.78 is 0. The normalized spacial score (nSPS) is 20.9. The summed E-state index contributed by atoms with van der Waals surface area (Å²) in [5, 5.41) is -0.339. The van der Waals surface area contributed by atoms with E-state index in [1.165, 1.54) is 0 Å². The molecule has 1 atom stereocenters. The lowest BCUT2D eigenvalue weighted by Gasteiger charge is -2.17. The van der Waals surface area contributed by atoms with Crippen LogP contribution >= 0.6 is 12.6 Å². The predicted octanol–water partition coefficient (Wildman–Crippen LogP) is 2.33. The van der Waals surface area contributed by atoms with Crippen LogP contribution in [0.1, 0.15) is 17.7 Å². The first-order chi connectivity index (χ1) is 6.20. The molecule has 13 heavy (non-hydrogen) atoms. The minimum atomic E-state index is -0.339. The Balaban J connectivity index is 2.63. The molecule has 2 rings (SSSR count). The van der Waals surface area contributed by atoms with Gasteiger partial charge in [-0.15, -0.1) is 0 Å². The number of hydrogen-bond donors (Lipinski definition) is 1. The molecule has 1 aliphatic heterocycles. The van der Waals surface area contributed by atoms with Crippen LogP contribution in [0.5, 0.6) is 0 Å². The second-order valence-electron chi connectivity index (χ2n) is 3.02. The Labute approximate surface area is 82.1 Å². The molecule has 1 heterocycles. The number of aliphatic imine (C=N–C) groups is 1. The summed E-state index contributed by atoms with van der Waals surface area (Å²) >= 11 is 4.26. The molecule has 0 radical (unpaired) electrons. The van der Waals surface area contributed by atoms with Gasteiger partial charge >= 0.3 is 0 Å². The molecule has 0 bridgehead atoms. The highest BCUT2D eigenvalue weighted by molar-refractivity contribution is 7.81. The van der Waals surface area contributed by atoms with E-state index in [2.05, 4.69) is 17.6 Å². The van der Waals surface area contributed by atoms with Gasteiger partial charge in [-0.3, -0.25) is 4.79 Å². The van der Waals surface area contributed by atoms with Gasteiger partial charge in [-0.2, -0.15) is 12.6 Å². The Hall–Kier alpha value is -1.09. The van der Waals surface area contributed by atoms with E-state index in [-0.39, 0.29) is 11.0 Å². The molecule has 0 spiro atoms. The van der Waals surface area contributed by atoms with E-state index in [4.69, 9.17) is 0 Å². The summed E-state index contributed by atoms with van der Waals surface area (Å²) in [5.41, 5.74) is 2.31. The van der Waals surface area contributed by atoms with E-state index in [9.17, 15) is 4.79 Å². The van der Waals surface area contributed by atoms with Crippen LogP contribution in [0.4, 0.5) is 5.69 Å². The molecule has 1 aliphatic rings. The fourth-order valence-electron chi connectivity index (χ4n) is 1.40. The Morgan fingerprint density at radius 2 is 2.08 bits per heavy atom. The number of thiol groups is 1. The van der Waals surface area contributed by atoms with Crippen molar-refractivity contribution in [2.45, 2.75) is 12.2 Å². The Morgan fingerprint density at radius 3 is 2.85 bits per heavy atom. The van der Waals surface area contributed by atoms with Gasteiger partial charge in [0, 0.05) is 0 Å². The standard InChI is InChI=1S/C10H9NOS/c1-6-9(12)10(13)7-4-2-3-5-8(7)11-6/h2-5,10,13H,1H3. The maximum atomic E-state index is 11.5. The number of carbonyl (C=O) groups excluding carboxylic acids is 1. The first kappa shape index (κ1) is 8.51. The third-order valence-corrected chi connectivity index (χ3v) is 2.64. The van der Waals surface area contributed by atoms with Crippen LogP contribution in [0.2, 0.25) is 0 Å². The largest absolute Gasteiger partial charge is 0.291 e. The van der Waals surface area contributed by atoms with Crippen molar-refractivity contribution in [1.82, 2.24) is 0 Å². The van der Waals surface area contributed by atoms with E-state index >= 15 is 0 Å². The van der Waals surface area contributed by atoms with Crippen LogP contribution in [0, 0.1) is 0 Å². The molecule has 1 unspecified atom stereocenters. The van der Waals surface area contributed by atoms with Crippen LogP contribution < -0.4 is 0 Å². The van der Waals surface area contributed by atoms with Crippen LogP contribution in [0.3, 0.4) is 0 Å². The number of nitrogens with zero attached hydrogens (tertiary/aromatic N) is 1. The third kappa shape index (κ3) is 1.29. The van der Waals surface area contributed by atoms with Crippen molar-refractivity contribution in [2.75, 3.05) is 0 Å². The van der Waals surface area contributed by atoms with Gasteiger partial charge in [0.15, 0.2) is 5.78 Å². The number of ketones is 1. The lowest BCUT2D eigenvalue weighted by Crippen LogP contribution is -2.19. The molecule has 2 nitrogen and oxygen atoms in total. The molecule has 1 aromatic rings. The van der Waals surface area contributed by atoms with E-state index in [1.807, 2.05) is 24.3 Å². The highest BCUT2D eigenvalue weighted by atomic mass is 32.1. The molecule has 3 heteroatoms. The molecule has 0 saturated carbocycles. The number of para-hydroxylation sites is 1. The highest BCUT2D eigenvalue weighted by Crippen LogP contribution is 2.34. The molecule has 0 N–H and O–H groups in total. The van der Waals surface area contributed by atoms with E-state index in [1.54, 1.807) is 6.92 Å². The Morgan fingerprint density at radius 1 is 1.38 bits per heavy atom. The topological polar surface area (TPSA) is 29.4 Å². The zero-order valence-electron chi connectivity index (χ0n) is 7.19. The molecular weight excluding hydrogens is 182 g/mol. The Kier molecular flexibility index (Phi) is 1.96. The van der Waals surface area contributed by atoms with Crippen molar-refractivity contribution in [1.29, 1.82) is 0 Å². The smallest absolute Gasteiger partial charge is 0.193 e. The number of rotatable bonds is 0. The van der Waals surface area contributed by atoms with Crippen LogP contribution in [0.25, 0.3) is 0 Å². The fraction of sp³-hybridized carbons (Fsp3) is 0.200. The van der Waals surface area contributed by atoms with E-state index in [0.717, 1.165) is 11.3 Å². The summed E-state index contributed by atoms with van der Waals surface area (Å²) in [6.07, 6.45) is 0. The average Bonchev–Trinajstić information content (AvgIpc) is 2.15. The summed E-state index contributed by atoms with van der Waals surface area (Å²) in [6.45, 7) is 1.72. The molecule has 0 aromatic heterocycles. The molecule has 1 aromatic carbocycles. The van der Waals surface area contributed by atoms with Gasteiger partial charge in [0.25, 0.3) is 0 Å². The van der Waals surface area contributed by atoms with Crippen molar-refractivity contribution in [3.05, 3.63) is 29.8 Å². The third-order valence-electron chi connectivity index (χ3n) is 2.12. The second kappa shape index (κ2) is 3.00. The average molecular weight is 191 g/mol. The summed E-state index contributed by atoms with van der Waals surface area (Å²) in [7, 11) is 0.